The predicted octanol–water partition coefficient (Wildman–Crippen LogP) is 1.72. The van der Waals surface area contributed by atoms with Crippen LogP contribution in [0.15, 0.2) is 29.9 Å². The van der Waals surface area contributed by atoms with Crippen LogP contribution in [0.5, 0.6) is 0 Å². The number of carbonyl (C=O) groups is 1. The molecule has 19 heavy (non-hydrogen) atoms. The summed E-state index contributed by atoms with van der Waals surface area (Å²) in [4.78, 5) is 17.0. The predicted molar refractivity (Wildman–Crippen MR) is 74.0 cm³/mol. The number of carbonyl (C=O) groups excluding carboxylic acids is 1. The number of thiophene rings is 1. The Balaban J connectivity index is 2.26. The summed E-state index contributed by atoms with van der Waals surface area (Å²) in [5, 5.41) is 5.28. The van der Waals surface area contributed by atoms with Gasteiger partial charge < -0.3 is 9.30 Å². The van der Waals surface area contributed by atoms with Crippen molar-refractivity contribution in [3.8, 4) is 0 Å². The molecule has 2 aromatic heterocycles. The Morgan fingerprint density at radius 2 is 2.37 bits per heavy atom. The quantitative estimate of drug-likeness (QED) is 0.847. The van der Waals surface area contributed by atoms with Gasteiger partial charge in [0.15, 0.2) is 0 Å². The molecule has 5 nitrogen and oxygen atoms in total. The maximum atomic E-state index is 11.6. The Hall–Kier alpha value is -1.66. The SMILES string of the molecule is COC(=O)C(C)NC(c1cccs1)c1nccn1C. The van der Waals surface area contributed by atoms with Gasteiger partial charge in [0.1, 0.15) is 17.9 Å². The maximum Gasteiger partial charge on any atom is 0.322 e. The zero-order chi connectivity index (χ0) is 13.8. The number of aryl methyl sites for hydroxylation is 1. The number of hydrogen-bond acceptors (Lipinski definition) is 5. The molecule has 0 amide bonds. The van der Waals surface area contributed by atoms with Gasteiger partial charge in [-0.25, -0.2) is 4.98 Å². The Bertz CT molecular complexity index is 536. The van der Waals surface area contributed by atoms with Gasteiger partial charge in [-0.15, -0.1) is 11.3 Å². The number of ether oxygens (including phenoxy) is 1. The van der Waals surface area contributed by atoms with Crippen molar-refractivity contribution in [1.29, 1.82) is 0 Å². The monoisotopic (exact) mass is 279 g/mol. The van der Waals surface area contributed by atoms with Crippen molar-refractivity contribution < 1.29 is 9.53 Å². The van der Waals surface area contributed by atoms with E-state index in [1.54, 1.807) is 24.5 Å². The van der Waals surface area contributed by atoms with Crippen molar-refractivity contribution in [2.24, 2.45) is 7.05 Å². The first kappa shape index (κ1) is 13.8. The van der Waals surface area contributed by atoms with Crippen LogP contribution in [-0.4, -0.2) is 28.7 Å². The minimum absolute atomic E-state index is 0.117. The number of rotatable bonds is 5. The highest BCUT2D eigenvalue weighted by Crippen LogP contribution is 2.25. The minimum Gasteiger partial charge on any atom is -0.468 e. The molecule has 0 spiro atoms. The highest BCUT2D eigenvalue weighted by atomic mass is 32.1. The summed E-state index contributed by atoms with van der Waals surface area (Å²) in [5.74, 6) is 0.592. The second kappa shape index (κ2) is 5.99. The molecule has 0 aromatic carbocycles. The molecule has 2 rings (SSSR count). The second-order valence-corrected chi connectivity index (χ2v) is 5.24. The van der Waals surface area contributed by atoms with Crippen molar-refractivity contribution in [3.63, 3.8) is 0 Å². The second-order valence-electron chi connectivity index (χ2n) is 4.26. The van der Waals surface area contributed by atoms with E-state index >= 15 is 0 Å². The molecule has 2 unspecified atom stereocenters. The van der Waals surface area contributed by atoms with Crippen molar-refractivity contribution >= 4 is 17.3 Å². The van der Waals surface area contributed by atoms with Gasteiger partial charge in [-0.05, 0) is 18.4 Å². The molecular formula is C13H17N3O2S. The van der Waals surface area contributed by atoms with Crippen LogP contribution in [0, 0.1) is 0 Å². The van der Waals surface area contributed by atoms with E-state index in [0.717, 1.165) is 10.7 Å². The smallest absolute Gasteiger partial charge is 0.322 e. The van der Waals surface area contributed by atoms with Crippen LogP contribution in [0.2, 0.25) is 0 Å². The third-order valence-corrected chi connectivity index (χ3v) is 3.85. The highest BCUT2D eigenvalue weighted by Gasteiger charge is 2.24. The van der Waals surface area contributed by atoms with Crippen LogP contribution in [-0.2, 0) is 16.6 Å². The number of nitrogens with zero attached hydrogens (tertiary/aromatic N) is 2. The zero-order valence-electron chi connectivity index (χ0n) is 11.2. The van der Waals surface area contributed by atoms with E-state index in [0.29, 0.717) is 0 Å². The maximum absolute atomic E-state index is 11.6. The van der Waals surface area contributed by atoms with Crippen LogP contribution in [0.3, 0.4) is 0 Å². The van der Waals surface area contributed by atoms with Gasteiger partial charge in [0, 0.05) is 24.3 Å². The first-order valence-corrected chi connectivity index (χ1v) is 6.86. The molecule has 1 N–H and O–H groups in total. The molecule has 0 saturated heterocycles. The van der Waals surface area contributed by atoms with Crippen LogP contribution in [0.1, 0.15) is 23.7 Å². The number of hydrogen-bond donors (Lipinski definition) is 1. The summed E-state index contributed by atoms with van der Waals surface area (Å²) < 4.78 is 6.70. The molecule has 0 fully saturated rings. The topological polar surface area (TPSA) is 56.1 Å². The average Bonchev–Trinajstić information content (AvgIpc) is 3.06. The third-order valence-electron chi connectivity index (χ3n) is 2.92. The molecule has 2 aromatic rings. The molecule has 2 atom stereocenters. The zero-order valence-corrected chi connectivity index (χ0v) is 12.0. The van der Waals surface area contributed by atoms with E-state index in [-0.39, 0.29) is 12.0 Å². The first-order chi connectivity index (χ1) is 9.13. The molecule has 0 saturated carbocycles. The first-order valence-electron chi connectivity index (χ1n) is 5.98. The highest BCUT2D eigenvalue weighted by molar-refractivity contribution is 7.10. The summed E-state index contributed by atoms with van der Waals surface area (Å²) in [5.41, 5.74) is 0. The summed E-state index contributed by atoms with van der Waals surface area (Å²) in [6.45, 7) is 1.79. The molecule has 0 bridgehead atoms. The average molecular weight is 279 g/mol. The van der Waals surface area contributed by atoms with Gasteiger partial charge in [-0.2, -0.15) is 0 Å². The molecule has 6 heteroatoms. The van der Waals surface area contributed by atoms with Crippen LogP contribution in [0.25, 0.3) is 0 Å². The van der Waals surface area contributed by atoms with Crippen LogP contribution in [0.4, 0.5) is 0 Å². The fraction of sp³-hybridized carbons (Fsp3) is 0.385. The van der Waals surface area contributed by atoms with Crippen molar-refractivity contribution in [2.75, 3.05) is 7.11 Å². The van der Waals surface area contributed by atoms with E-state index < -0.39 is 6.04 Å². The molecule has 0 aliphatic rings. The van der Waals surface area contributed by atoms with Gasteiger partial charge in [-0.1, -0.05) is 6.07 Å². The number of esters is 1. The number of imidazole rings is 1. The lowest BCUT2D eigenvalue weighted by atomic mass is 10.2. The molecule has 0 radical (unpaired) electrons. The molecule has 2 heterocycles. The number of methoxy groups -OCH3 is 1. The van der Waals surface area contributed by atoms with Gasteiger partial charge in [0.2, 0.25) is 0 Å². The number of aromatic nitrogens is 2. The molecular weight excluding hydrogens is 262 g/mol. The largest absolute Gasteiger partial charge is 0.468 e. The molecule has 102 valence electrons. The van der Waals surface area contributed by atoms with Crippen LogP contribution < -0.4 is 5.32 Å². The summed E-state index contributed by atoms with van der Waals surface area (Å²) in [7, 11) is 3.33. The Morgan fingerprint density at radius 1 is 1.58 bits per heavy atom. The summed E-state index contributed by atoms with van der Waals surface area (Å²) in [6.07, 6.45) is 3.64. The molecule has 0 aliphatic carbocycles. The normalized spacial score (nSPS) is 14.1. The van der Waals surface area contributed by atoms with E-state index in [9.17, 15) is 4.79 Å². The van der Waals surface area contributed by atoms with Crippen molar-refractivity contribution in [2.45, 2.75) is 19.0 Å². The van der Waals surface area contributed by atoms with E-state index in [1.165, 1.54) is 7.11 Å². The Labute approximate surface area is 116 Å². The Morgan fingerprint density at radius 3 is 2.89 bits per heavy atom. The standard InChI is InChI=1S/C13H17N3O2S/c1-9(13(17)18-3)15-11(10-5-4-8-19-10)12-14-6-7-16(12)2/h4-9,11,15H,1-3H3. The van der Waals surface area contributed by atoms with Crippen molar-refractivity contribution in [1.82, 2.24) is 14.9 Å². The summed E-state index contributed by atoms with van der Waals surface area (Å²) >= 11 is 1.63. The lowest BCUT2D eigenvalue weighted by Gasteiger charge is -2.20. The fourth-order valence-corrected chi connectivity index (χ4v) is 2.67. The van der Waals surface area contributed by atoms with Crippen molar-refractivity contribution in [3.05, 3.63) is 40.6 Å². The lowest BCUT2D eigenvalue weighted by molar-refractivity contribution is -0.142. The number of nitrogens with one attached hydrogen (secondary N) is 1. The van der Waals surface area contributed by atoms with Gasteiger partial charge in [0.05, 0.1) is 7.11 Å². The Kier molecular flexibility index (Phi) is 4.34. The van der Waals surface area contributed by atoms with E-state index in [1.807, 2.05) is 35.3 Å². The van der Waals surface area contributed by atoms with E-state index in [4.69, 9.17) is 4.74 Å². The summed E-state index contributed by atoms with van der Waals surface area (Å²) in [6, 6.07) is 3.50. The molecule has 0 aliphatic heterocycles. The van der Waals surface area contributed by atoms with Gasteiger partial charge >= 0.3 is 5.97 Å². The van der Waals surface area contributed by atoms with Crippen LogP contribution >= 0.6 is 11.3 Å². The van der Waals surface area contributed by atoms with Gasteiger partial charge in [0.25, 0.3) is 0 Å². The minimum atomic E-state index is -0.395. The lowest BCUT2D eigenvalue weighted by Crippen LogP contribution is -2.38. The van der Waals surface area contributed by atoms with Gasteiger partial charge in [-0.3, -0.25) is 10.1 Å². The third kappa shape index (κ3) is 3.02. The fourth-order valence-electron chi connectivity index (χ4n) is 1.89. The van der Waals surface area contributed by atoms with E-state index in [2.05, 4.69) is 10.3 Å².